The van der Waals surface area contributed by atoms with E-state index in [1.807, 2.05) is 30.3 Å². The van der Waals surface area contributed by atoms with Crippen molar-refractivity contribution < 1.29 is 4.79 Å². The molecular weight excluding hydrogens is 300 g/mol. The van der Waals surface area contributed by atoms with E-state index in [0.29, 0.717) is 18.0 Å². The highest BCUT2D eigenvalue weighted by Gasteiger charge is 2.22. The molecule has 0 unspecified atom stereocenters. The number of anilines is 1. The van der Waals surface area contributed by atoms with Crippen molar-refractivity contribution in [2.45, 2.75) is 31.7 Å². The van der Waals surface area contributed by atoms with Crippen LogP contribution in [-0.2, 0) is 6.54 Å². The Morgan fingerprint density at radius 2 is 2.00 bits per heavy atom. The fourth-order valence-corrected chi connectivity index (χ4v) is 2.98. The second-order valence-electron chi connectivity index (χ2n) is 6.34. The molecule has 1 amide bonds. The van der Waals surface area contributed by atoms with E-state index in [1.54, 1.807) is 12.1 Å². The van der Waals surface area contributed by atoms with Gasteiger partial charge in [0.2, 0.25) is 0 Å². The monoisotopic (exact) mass is 320 g/mol. The third-order valence-electron chi connectivity index (χ3n) is 4.70. The predicted octanol–water partition coefficient (Wildman–Crippen LogP) is 3.54. The van der Waals surface area contributed by atoms with Crippen molar-refractivity contribution in [3.05, 3.63) is 59.4 Å². The average molecular weight is 320 g/mol. The smallest absolute Gasteiger partial charge is 0.255 e. The molecular formula is C19H20N4O. The largest absolute Gasteiger partial charge is 0.342 e. The van der Waals surface area contributed by atoms with Crippen LogP contribution in [0.3, 0.4) is 0 Å². The van der Waals surface area contributed by atoms with Gasteiger partial charge in [-0.25, -0.2) is 4.98 Å². The van der Waals surface area contributed by atoms with Crippen molar-refractivity contribution in [1.29, 1.82) is 0 Å². The third kappa shape index (κ3) is 2.78. The Hall–Kier alpha value is -2.66. The first-order chi connectivity index (χ1) is 11.7. The van der Waals surface area contributed by atoms with Gasteiger partial charge in [0.25, 0.3) is 5.91 Å². The minimum Gasteiger partial charge on any atom is -0.342 e. The molecule has 0 saturated heterocycles. The molecule has 0 spiro atoms. The molecule has 1 fully saturated rings. The molecule has 1 saturated carbocycles. The summed E-state index contributed by atoms with van der Waals surface area (Å²) in [6.45, 7) is 0.474. The molecule has 5 nitrogen and oxygen atoms in total. The van der Waals surface area contributed by atoms with Crippen LogP contribution >= 0.6 is 0 Å². The van der Waals surface area contributed by atoms with Gasteiger partial charge in [-0.1, -0.05) is 18.6 Å². The molecule has 4 N–H and O–H groups in total. The number of hydrogen-bond donors (Lipinski definition) is 3. The van der Waals surface area contributed by atoms with E-state index in [4.69, 9.17) is 5.73 Å². The van der Waals surface area contributed by atoms with Crippen LogP contribution in [0.4, 0.5) is 5.69 Å². The zero-order valence-electron chi connectivity index (χ0n) is 13.4. The number of benzene rings is 2. The van der Waals surface area contributed by atoms with Gasteiger partial charge >= 0.3 is 0 Å². The summed E-state index contributed by atoms with van der Waals surface area (Å²) >= 11 is 0. The van der Waals surface area contributed by atoms with Gasteiger partial charge in [-0.05, 0) is 48.7 Å². The van der Waals surface area contributed by atoms with E-state index in [9.17, 15) is 4.79 Å². The molecule has 0 bridgehead atoms. The number of aromatic nitrogens is 2. The van der Waals surface area contributed by atoms with E-state index >= 15 is 0 Å². The maximum Gasteiger partial charge on any atom is 0.255 e. The lowest BCUT2D eigenvalue weighted by molar-refractivity contribution is 0.102. The number of carbonyl (C=O) groups is 1. The number of imidazole rings is 1. The normalized spacial score (nSPS) is 14.5. The number of fused-ring (bicyclic) bond motifs is 1. The van der Waals surface area contributed by atoms with Gasteiger partial charge in [-0.3, -0.25) is 4.79 Å². The molecule has 4 rings (SSSR count). The summed E-state index contributed by atoms with van der Waals surface area (Å²) in [6, 6.07) is 13.1. The maximum atomic E-state index is 12.4. The Bertz CT molecular complexity index is 878. The first-order valence-corrected chi connectivity index (χ1v) is 8.33. The van der Waals surface area contributed by atoms with Gasteiger partial charge in [0, 0.05) is 23.7 Å². The number of nitrogens with one attached hydrogen (secondary N) is 2. The van der Waals surface area contributed by atoms with Crippen LogP contribution < -0.4 is 11.1 Å². The molecule has 5 heteroatoms. The van der Waals surface area contributed by atoms with Crippen LogP contribution in [0.25, 0.3) is 11.0 Å². The Kier molecular flexibility index (Phi) is 3.78. The number of nitrogens with two attached hydrogens (primary N) is 1. The summed E-state index contributed by atoms with van der Waals surface area (Å²) in [5, 5.41) is 2.94. The van der Waals surface area contributed by atoms with Crippen LogP contribution in [0, 0.1) is 0 Å². The molecule has 2 aromatic carbocycles. The molecule has 0 atom stereocenters. The summed E-state index contributed by atoms with van der Waals surface area (Å²) in [5.74, 6) is 1.50. The summed E-state index contributed by atoms with van der Waals surface area (Å²) < 4.78 is 0. The fraction of sp³-hybridized carbons (Fsp3) is 0.263. The predicted molar refractivity (Wildman–Crippen MR) is 95.0 cm³/mol. The summed E-state index contributed by atoms with van der Waals surface area (Å²) in [4.78, 5) is 20.4. The van der Waals surface area contributed by atoms with E-state index < -0.39 is 0 Å². The highest BCUT2D eigenvalue weighted by atomic mass is 16.1. The topological polar surface area (TPSA) is 83.8 Å². The fourth-order valence-electron chi connectivity index (χ4n) is 2.98. The Morgan fingerprint density at radius 3 is 2.67 bits per heavy atom. The van der Waals surface area contributed by atoms with E-state index in [1.165, 1.54) is 19.3 Å². The number of rotatable bonds is 4. The summed E-state index contributed by atoms with van der Waals surface area (Å²) in [7, 11) is 0. The van der Waals surface area contributed by atoms with Gasteiger partial charge < -0.3 is 16.0 Å². The molecule has 24 heavy (non-hydrogen) atoms. The first-order valence-electron chi connectivity index (χ1n) is 8.33. The first kappa shape index (κ1) is 14.9. The van der Waals surface area contributed by atoms with E-state index in [2.05, 4.69) is 15.3 Å². The highest BCUT2D eigenvalue weighted by Crippen LogP contribution is 2.35. The van der Waals surface area contributed by atoms with Crippen molar-refractivity contribution in [2.24, 2.45) is 5.73 Å². The summed E-state index contributed by atoms with van der Waals surface area (Å²) in [5.41, 5.74) is 9.88. The quantitative estimate of drug-likeness (QED) is 0.687. The third-order valence-corrected chi connectivity index (χ3v) is 4.70. The average Bonchev–Trinajstić information content (AvgIpc) is 2.95. The molecule has 1 heterocycles. The second-order valence-corrected chi connectivity index (χ2v) is 6.34. The molecule has 1 aliphatic rings. The minimum absolute atomic E-state index is 0.128. The SMILES string of the molecule is NCc1ccc(C(=O)Nc2ccc3nc(C4CCC4)[nH]c3c2)cc1. The Morgan fingerprint density at radius 1 is 1.21 bits per heavy atom. The second kappa shape index (κ2) is 6.09. The van der Waals surface area contributed by atoms with Crippen molar-refractivity contribution in [1.82, 2.24) is 9.97 Å². The standard InChI is InChI=1S/C19H20N4O/c20-11-12-4-6-14(7-5-12)19(24)21-15-8-9-16-17(10-15)23-18(22-16)13-2-1-3-13/h4-10,13H,1-3,11,20H2,(H,21,24)(H,22,23). The molecule has 1 aromatic heterocycles. The van der Waals surface area contributed by atoms with E-state index in [-0.39, 0.29) is 5.91 Å². The van der Waals surface area contributed by atoms with Crippen molar-refractivity contribution >= 4 is 22.6 Å². The number of carbonyl (C=O) groups excluding carboxylic acids is 1. The van der Waals surface area contributed by atoms with Gasteiger partial charge in [-0.2, -0.15) is 0 Å². The lowest BCUT2D eigenvalue weighted by atomic mass is 9.85. The van der Waals surface area contributed by atoms with Crippen molar-refractivity contribution in [2.75, 3.05) is 5.32 Å². The van der Waals surface area contributed by atoms with Crippen molar-refractivity contribution in [3.63, 3.8) is 0 Å². The lowest BCUT2D eigenvalue weighted by Gasteiger charge is -2.22. The van der Waals surface area contributed by atoms with Crippen LogP contribution in [0.1, 0.15) is 46.9 Å². The Labute approximate surface area is 140 Å². The van der Waals surface area contributed by atoms with Gasteiger partial charge in [0.15, 0.2) is 0 Å². The molecule has 3 aromatic rings. The number of H-pyrrole nitrogens is 1. The number of amides is 1. The van der Waals surface area contributed by atoms with Crippen LogP contribution in [-0.4, -0.2) is 15.9 Å². The number of aromatic amines is 1. The summed E-state index contributed by atoms with van der Waals surface area (Å²) in [6.07, 6.45) is 3.70. The zero-order chi connectivity index (χ0) is 16.5. The van der Waals surface area contributed by atoms with Crippen molar-refractivity contribution in [3.8, 4) is 0 Å². The maximum absolute atomic E-state index is 12.4. The highest BCUT2D eigenvalue weighted by molar-refractivity contribution is 6.05. The minimum atomic E-state index is -0.128. The van der Waals surface area contributed by atoms with Crippen LogP contribution in [0.2, 0.25) is 0 Å². The van der Waals surface area contributed by atoms with Crippen LogP contribution in [0.15, 0.2) is 42.5 Å². The van der Waals surface area contributed by atoms with Gasteiger partial charge in [0.1, 0.15) is 5.82 Å². The number of nitrogens with zero attached hydrogens (tertiary/aromatic N) is 1. The van der Waals surface area contributed by atoms with Gasteiger partial charge in [0.05, 0.1) is 11.0 Å². The molecule has 1 aliphatic carbocycles. The van der Waals surface area contributed by atoms with E-state index in [0.717, 1.165) is 28.1 Å². The lowest BCUT2D eigenvalue weighted by Crippen LogP contribution is -2.12. The van der Waals surface area contributed by atoms with Gasteiger partial charge in [-0.15, -0.1) is 0 Å². The molecule has 0 radical (unpaired) electrons. The Balaban J connectivity index is 1.53. The van der Waals surface area contributed by atoms with Crippen LogP contribution in [0.5, 0.6) is 0 Å². The number of hydrogen-bond acceptors (Lipinski definition) is 3. The molecule has 0 aliphatic heterocycles. The molecule has 122 valence electrons. The zero-order valence-corrected chi connectivity index (χ0v) is 13.4.